The van der Waals surface area contributed by atoms with E-state index in [9.17, 15) is 4.79 Å². The summed E-state index contributed by atoms with van der Waals surface area (Å²) in [6.07, 6.45) is 8.18. The van der Waals surface area contributed by atoms with Crippen LogP contribution in [0.2, 0.25) is 0 Å². The maximum Gasteiger partial charge on any atom is 0.306 e. The van der Waals surface area contributed by atoms with Crippen LogP contribution in [0.4, 0.5) is 0 Å². The molecule has 0 atom stereocenters. The largest absolute Gasteiger partial charge is 0.461 e. The van der Waals surface area contributed by atoms with E-state index in [1.165, 1.54) is 32.1 Å². The van der Waals surface area contributed by atoms with Crippen molar-refractivity contribution in [2.24, 2.45) is 5.92 Å². The highest BCUT2D eigenvalue weighted by atomic mass is 16.5. The number of rotatable bonds is 5. The molecule has 0 heterocycles. The third-order valence-electron chi connectivity index (χ3n) is 3.68. The van der Waals surface area contributed by atoms with Gasteiger partial charge in [-0.3, -0.25) is 4.79 Å². The fraction of sp³-hybridized carbons (Fsp3) is 0.611. The zero-order valence-electron chi connectivity index (χ0n) is 13.1. The molecule has 0 aliphatic heterocycles. The summed E-state index contributed by atoms with van der Waals surface area (Å²) in [5, 5.41) is 8.49. The summed E-state index contributed by atoms with van der Waals surface area (Å²) >= 11 is 0. The van der Waals surface area contributed by atoms with Gasteiger partial charge in [0.05, 0.1) is 0 Å². The Morgan fingerprint density at radius 3 is 2.38 bits per heavy atom. The van der Waals surface area contributed by atoms with E-state index in [0.717, 1.165) is 11.5 Å². The number of aliphatic hydroxyl groups excluding tert-OH is 1. The second kappa shape index (κ2) is 11.3. The number of hydrogen-bond acceptors (Lipinski definition) is 3. The molecule has 0 saturated heterocycles. The highest BCUT2D eigenvalue weighted by Crippen LogP contribution is 2.22. The van der Waals surface area contributed by atoms with Gasteiger partial charge in [0.25, 0.3) is 0 Å². The van der Waals surface area contributed by atoms with E-state index in [-0.39, 0.29) is 19.0 Å². The highest BCUT2D eigenvalue weighted by molar-refractivity contribution is 5.69. The van der Waals surface area contributed by atoms with Gasteiger partial charge in [0.15, 0.2) is 0 Å². The average molecular weight is 292 g/mol. The number of ether oxygens (including phenoxy) is 1. The quantitative estimate of drug-likeness (QED) is 0.831. The van der Waals surface area contributed by atoms with Crippen LogP contribution in [0.3, 0.4) is 0 Å². The van der Waals surface area contributed by atoms with Crippen molar-refractivity contribution in [3.05, 3.63) is 35.9 Å². The van der Waals surface area contributed by atoms with E-state index in [4.69, 9.17) is 9.84 Å². The molecule has 1 saturated carbocycles. The van der Waals surface area contributed by atoms with E-state index in [1.807, 2.05) is 30.3 Å². The zero-order chi connectivity index (χ0) is 15.3. The van der Waals surface area contributed by atoms with E-state index in [1.54, 1.807) is 0 Å². The molecule has 0 unspecified atom stereocenters. The minimum atomic E-state index is -0.261. The lowest BCUT2D eigenvalue weighted by Crippen LogP contribution is -2.05. The third-order valence-corrected chi connectivity index (χ3v) is 3.68. The predicted octanol–water partition coefficient (Wildman–Crippen LogP) is 4.09. The first kappa shape index (κ1) is 17.7. The zero-order valence-corrected chi connectivity index (χ0v) is 13.1. The monoisotopic (exact) mass is 292 g/mol. The molecule has 0 radical (unpaired) electrons. The molecule has 1 fully saturated rings. The molecular formula is C18H28O3. The second-order valence-corrected chi connectivity index (χ2v) is 5.72. The van der Waals surface area contributed by atoms with Gasteiger partial charge in [-0.1, -0.05) is 69.4 Å². The fourth-order valence-corrected chi connectivity index (χ4v) is 2.34. The summed E-state index contributed by atoms with van der Waals surface area (Å²) in [5.74, 6) is 0.775. The maximum absolute atomic E-state index is 11.0. The first-order valence-corrected chi connectivity index (χ1v) is 8.02. The van der Waals surface area contributed by atoms with Crippen molar-refractivity contribution in [2.45, 2.75) is 58.5 Å². The molecule has 0 spiro atoms. The van der Waals surface area contributed by atoms with Crippen molar-refractivity contribution in [1.29, 1.82) is 0 Å². The first-order valence-electron chi connectivity index (χ1n) is 8.02. The summed E-state index contributed by atoms with van der Waals surface area (Å²) in [6, 6.07) is 9.52. The molecule has 2 rings (SSSR count). The van der Waals surface area contributed by atoms with Gasteiger partial charge in [-0.05, 0) is 17.9 Å². The molecule has 1 aliphatic carbocycles. The number of aliphatic hydroxyl groups is 1. The molecule has 1 N–H and O–H groups in total. The lowest BCUT2D eigenvalue weighted by atomic mass is 9.91. The Kier molecular flexibility index (Phi) is 9.55. The van der Waals surface area contributed by atoms with E-state index < -0.39 is 0 Å². The molecule has 118 valence electrons. The SMILES string of the molecule is CC1CCCCC1.O=C(CCCO)OCc1ccccc1. The van der Waals surface area contributed by atoms with Crippen LogP contribution >= 0.6 is 0 Å². The second-order valence-electron chi connectivity index (χ2n) is 5.72. The van der Waals surface area contributed by atoms with Crippen LogP contribution in [-0.2, 0) is 16.1 Å². The van der Waals surface area contributed by atoms with Gasteiger partial charge >= 0.3 is 5.97 Å². The molecule has 1 aromatic rings. The molecule has 3 heteroatoms. The summed E-state index contributed by atoms with van der Waals surface area (Å²) in [5.41, 5.74) is 0.977. The Bertz CT molecular complexity index is 369. The lowest BCUT2D eigenvalue weighted by Gasteiger charge is -2.15. The van der Waals surface area contributed by atoms with E-state index in [2.05, 4.69) is 6.92 Å². The van der Waals surface area contributed by atoms with Gasteiger partial charge in [-0.25, -0.2) is 0 Å². The molecular weight excluding hydrogens is 264 g/mol. The molecule has 3 nitrogen and oxygen atoms in total. The molecule has 0 aromatic heterocycles. The number of carbonyl (C=O) groups is 1. The minimum absolute atomic E-state index is 0.0282. The van der Waals surface area contributed by atoms with Gasteiger partial charge < -0.3 is 9.84 Å². The van der Waals surface area contributed by atoms with E-state index in [0.29, 0.717) is 13.0 Å². The van der Waals surface area contributed by atoms with Crippen LogP contribution in [0.5, 0.6) is 0 Å². The normalized spacial score (nSPS) is 15.0. The Hall–Kier alpha value is -1.35. The summed E-state index contributed by atoms with van der Waals surface area (Å²) in [4.78, 5) is 11.0. The Morgan fingerprint density at radius 1 is 1.19 bits per heavy atom. The highest BCUT2D eigenvalue weighted by Gasteiger charge is 2.06. The Labute approximate surface area is 128 Å². The van der Waals surface area contributed by atoms with Crippen LogP contribution in [-0.4, -0.2) is 17.7 Å². The maximum atomic E-state index is 11.0. The van der Waals surface area contributed by atoms with Crippen molar-refractivity contribution in [3.8, 4) is 0 Å². The van der Waals surface area contributed by atoms with Crippen LogP contribution in [0, 0.1) is 5.92 Å². The number of carbonyl (C=O) groups excluding carboxylic acids is 1. The van der Waals surface area contributed by atoms with Crippen molar-refractivity contribution in [2.75, 3.05) is 6.61 Å². The third kappa shape index (κ3) is 9.24. The molecule has 0 bridgehead atoms. The van der Waals surface area contributed by atoms with Gasteiger partial charge in [0, 0.05) is 13.0 Å². The minimum Gasteiger partial charge on any atom is -0.461 e. The van der Waals surface area contributed by atoms with Crippen molar-refractivity contribution in [3.63, 3.8) is 0 Å². The van der Waals surface area contributed by atoms with Crippen molar-refractivity contribution >= 4 is 5.97 Å². The standard InChI is InChI=1S/C11H14O3.C7H14/c12-8-4-7-11(13)14-9-10-5-2-1-3-6-10;1-7-5-3-2-4-6-7/h1-3,5-6,12H,4,7-9H2;7H,2-6H2,1H3. The Morgan fingerprint density at radius 2 is 1.86 bits per heavy atom. The molecule has 21 heavy (non-hydrogen) atoms. The smallest absolute Gasteiger partial charge is 0.306 e. The van der Waals surface area contributed by atoms with Gasteiger partial charge in [0.1, 0.15) is 6.61 Å². The van der Waals surface area contributed by atoms with Crippen LogP contribution in [0.25, 0.3) is 0 Å². The first-order chi connectivity index (χ1) is 10.2. The van der Waals surface area contributed by atoms with Gasteiger partial charge in [0.2, 0.25) is 0 Å². The van der Waals surface area contributed by atoms with Crippen LogP contribution < -0.4 is 0 Å². The number of hydrogen-bond donors (Lipinski definition) is 1. The van der Waals surface area contributed by atoms with Gasteiger partial charge in [-0.15, -0.1) is 0 Å². The Balaban J connectivity index is 0.000000262. The summed E-state index contributed by atoms with van der Waals surface area (Å²) in [7, 11) is 0. The predicted molar refractivity (Wildman–Crippen MR) is 84.8 cm³/mol. The molecule has 1 aliphatic rings. The van der Waals surface area contributed by atoms with E-state index >= 15 is 0 Å². The van der Waals surface area contributed by atoms with Crippen LogP contribution in [0.15, 0.2) is 30.3 Å². The number of benzene rings is 1. The lowest BCUT2D eigenvalue weighted by molar-refractivity contribution is -0.145. The topological polar surface area (TPSA) is 46.5 Å². The van der Waals surface area contributed by atoms with Crippen molar-refractivity contribution in [1.82, 2.24) is 0 Å². The van der Waals surface area contributed by atoms with Crippen molar-refractivity contribution < 1.29 is 14.6 Å². The fourth-order valence-electron chi connectivity index (χ4n) is 2.34. The van der Waals surface area contributed by atoms with Gasteiger partial charge in [-0.2, -0.15) is 0 Å². The average Bonchev–Trinajstić information content (AvgIpc) is 2.53. The van der Waals surface area contributed by atoms with Crippen LogP contribution in [0.1, 0.15) is 57.4 Å². The number of esters is 1. The summed E-state index contributed by atoms with van der Waals surface area (Å²) < 4.78 is 4.98. The molecule has 1 aromatic carbocycles. The molecule has 0 amide bonds. The summed E-state index contributed by atoms with van der Waals surface area (Å²) in [6.45, 7) is 2.70.